The highest BCUT2D eigenvalue weighted by Crippen LogP contribution is 2.31. The number of nitrogens with two attached hydrogens (primary N) is 2. The van der Waals surface area contributed by atoms with Crippen molar-refractivity contribution < 1.29 is 9.53 Å². The Kier molecular flexibility index (Phi) is 2.82. The van der Waals surface area contributed by atoms with Gasteiger partial charge in [-0.2, -0.15) is 4.99 Å². The molecule has 0 aromatic heterocycles. The maximum atomic E-state index is 11.7. The molecule has 1 amide bonds. The number of amides is 1. The molecule has 0 unspecified atom stereocenters. The molecule has 0 fully saturated rings. The third-order valence-electron chi connectivity index (χ3n) is 2.52. The summed E-state index contributed by atoms with van der Waals surface area (Å²) in [5, 5.41) is 0. The van der Waals surface area contributed by atoms with Crippen molar-refractivity contribution in [1.82, 2.24) is 0 Å². The fraction of sp³-hybridized carbons (Fsp3) is 0.231. The average molecular weight is 245 g/mol. The Balaban J connectivity index is 2.35. The van der Waals surface area contributed by atoms with Crippen LogP contribution in [0.1, 0.15) is 29.8 Å². The van der Waals surface area contributed by atoms with Gasteiger partial charge >= 0.3 is 0 Å². The van der Waals surface area contributed by atoms with Crippen LogP contribution < -0.4 is 16.2 Å². The summed E-state index contributed by atoms with van der Waals surface area (Å²) in [5.74, 6) is 0.0328. The normalized spacial score (nSPS) is 15.4. The van der Waals surface area contributed by atoms with Crippen LogP contribution in [0.3, 0.4) is 0 Å². The largest absolute Gasteiger partial charge is 0.483 e. The van der Waals surface area contributed by atoms with Crippen LogP contribution in [0.25, 0.3) is 6.08 Å². The Morgan fingerprint density at radius 2 is 2.06 bits per heavy atom. The van der Waals surface area contributed by atoms with Crippen molar-refractivity contribution in [3.63, 3.8) is 0 Å². The van der Waals surface area contributed by atoms with Gasteiger partial charge in [-0.15, -0.1) is 0 Å². The minimum absolute atomic E-state index is 0.245. The number of nitrogens with zero attached hydrogens (tertiary/aromatic N) is 1. The Bertz CT molecular complexity index is 555. The lowest BCUT2D eigenvalue weighted by Gasteiger charge is -2.27. The Morgan fingerprint density at radius 3 is 2.72 bits per heavy atom. The van der Waals surface area contributed by atoms with Gasteiger partial charge in [-0.05, 0) is 38.1 Å². The number of guanidine groups is 1. The first-order valence-electron chi connectivity index (χ1n) is 5.54. The Morgan fingerprint density at radius 1 is 1.33 bits per heavy atom. The van der Waals surface area contributed by atoms with Crippen LogP contribution in [0.15, 0.2) is 29.3 Å². The molecule has 1 heterocycles. The monoisotopic (exact) mass is 245 g/mol. The van der Waals surface area contributed by atoms with Gasteiger partial charge in [-0.3, -0.25) is 4.79 Å². The lowest BCUT2D eigenvalue weighted by atomic mass is 10.0. The number of rotatable bonds is 1. The molecule has 4 N–H and O–H groups in total. The van der Waals surface area contributed by atoms with Gasteiger partial charge in [0.25, 0.3) is 5.91 Å². The summed E-state index contributed by atoms with van der Waals surface area (Å²) in [6.45, 7) is 3.93. The van der Waals surface area contributed by atoms with Crippen LogP contribution in [0, 0.1) is 0 Å². The van der Waals surface area contributed by atoms with Crippen molar-refractivity contribution >= 4 is 17.9 Å². The molecule has 18 heavy (non-hydrogen) atoms. The van der Waals surface area contributed by atoms with Gasteiger partial charge in [0.05, 0.1) is 0 Å². The third-order valence-corrected chi connectivity index (χ3v) is 2.52. The molecule has 0 radical (unpaired) electrons. The molecule has 0 aliphatic carbocycles. The number of benzene rings is 1. The molecule has 1 aromatic carbocycles. The van der Waals surface area contributed by atoms with Crippen molar-refractivity contribution in [1.29, 1.82) is 0 Å². The number of fused-ring (bicyclic) bond motifs is 1. The summed E-state index contributed by atoms with van der Waals surface area (Å²) in [6, 6.07) is 5.09. The van der Waals surface area contributed by atoms with Crippen molar-refractivity contribution in [2.24, 2.45) is 16.5 Å². The molecule has 0 bridgehead atoms. The van der Waals surface area contributed by atoms with Crippen molar-refractivity contribution in [3.05, 3.63) is 35.4 Å². The first-order chi connectivity index (χ1) is 8.37. The molecule has 0 saturated heterocycles. The van der Waals surface area contributed by atoms with Crippen molar-refractivity contribution in [2.45, 2.75) is 19.4 Å². The Hall–Kier alpha value is -2.30. The molecule has 5 nitrogen and oxygen atoms in total. The first-order valence-corrected chi connectivity index (χ1v) is 5.54. The van der Waals surface area contributed by atoms with Crippen LogP contribution in [0.5, 0.6) is 5.75 Å². The molecule has 94 valence electrons. The molecule has 0 saturated carbocycles. The highest BCUT2D eigenvalue weighted by molar-refractivity contribution is 6.02. The fourth-order valence-corrected chi connectivity index (χ4v) is 1.69. The number of hydrogen-bond acceptors (Lipinski definition) is 2. The molecule has 1 aromatic rings. The Labute approximate surface area is 105 Å². The summed E-state index contributed by atoms with van der Waals surface area (Å²) in [5.41, 5.74) is 11.3. The van der Waals surface area contributed by atoms with E-state index in [0.717, 1.165) is 11.3 Å². The second kappa shape index (κ2) is 4.18. The van der Waals surface area contributed by atoms with Crippen LogP contribution in [0.2, 0.25) is 0 Å². The standard InChI is InChI=1S/C13H15N3O2/c1-13(2)6-5-8-7-9(3-4-10(8)18-13)11(17)16-12(14)15/h3-7H,1-2H3,(H4,14,15,16,17). The molecule has 2 rings (SSSR count). The highest BCUT2D eigenvalue weighted by atomic mass is 16.5. The van der Waals surface area contributed by atoms with E-state index in [2.05, 4.69) is 4.99 Å². The number of ether oxygens (including phenoxy) is 1. The van der Waals surface area contributed by atoms with Gasteiger partial charge in [-0.25, -0.2) is 0 Å². The van der Waals surface area contributed by atoms with E-state index in [9.17, 15) is 4.79 Å². The second-order valence-corrected chi connectivity index (χ2v) is 4.63. The van der Waals surface area contributed by atoms with Gasteiger partial charge in [0, 0.05) is 11.1 Å². The second-order valence-electron chi connectivity index (χ2n) is 4.63. The van der Waals surface area contributed by atoms with Gasteiger partial charge in [0.15, 0.2) is 5.96 Å². The predicted octanol–water partition coefficient (Wildman–Crippen LogP) is 1.28. The maximum Gasteiger partial charge on any atom is 0.280 e. The quantitative estimate of drug-likeness (QED) is 0.576. The van der Waals surface area contributed by atoms with Crippen LogP contribution in [0.4, 0.5) is 0 Å². The summed E-state index contributed by atoms with van der Waals surface area (Å²) < 4.78 is 5.75. The summed E-state index contributed by atoms with van der Waals surface area (Å²) in [6.07, 6.45) is 3.86. The summed E-state index contributed by atoms with van der Waals surface area (Å²) in [4.78, 5) is 15.1. The molecule has 0 atom stereocenters. The van der Waals surface area contributed by atoms with E-state index in [1.807, 2.05) is 26.0 Å². The van der Waals surface area contributed by atoms with E-state index in [1.54, 1.807) is 18.2 Å². The topological polar surface area (TPSA) is 90.7 Å². The lowest BCUT2D eigenvalue weighted by molar-refractivity contribution is 0.100. The number of carbonyl (C=O) groups excluding carboxylic acids is 1. The summed E-state index contributed by atoms with van der Waals surface area (Å²) in [7, 11) is 0. The van der Waals surface area contributed by atoms with Crippen LogP contribution in [-0.2, 0) is 0 Å². The fourth-order valence-electron chi connectivity index (χ4n) is 1.69. The van der Waals surface area contributed by atoms with Gasteiger partial charge in [0.2, 0.25) is 0 Å². The van der Waals surface area contributed by atoms with E-state index in [1.165, 1.54) is 0 Å². The molecule has 1 aliphatic heterocycles. The molecular weight excluding hydrogens is 230 g/mol. The van der Waals surface area contributed by atoms with Crippen molar-refractivity contribution in [2.75, 3.05) is 0 Å². The minimum atomic E-state index is -0.462. The zero-order chi connectivity index (χ0) is 13.3. The van der Waals surface area contributed by atoms with E-state index >= 15 is 0 Å². The smallest absolute Gasteiger partial charge is 0.280 e. The number of carbonyl (C=O) groups is 1. The minimum Gasteiger partial charge on any atom is -0.483 e. The zero-order valence-electron chi connectivity index (χ0n) is 10.3. The highest BCUT2D eigenvalue weighted by Gasteiger charge is 2.22. The van der Waals surface area contributed by atoms with Crippen molar-refractivity contribution in [3.8, 4) is 5.75 Å². The van der Waals surface area contributed by atoms with Gasteiger partial charge in [-0.1, -0.05) is 6.08 Å². The van der Waals surface area contributed by atoms with E-state index in [0.29, 0.717) is 5.56 Å². The molecule has 1 aliphatic rings. The third kappa shape index (κ3) is 2.51. The summed E-state index contributed by atoms with van der Waals surface area (Å²) >= 11 is 0. The zero-order valence-corrected chi connectivity index (χ0v) is 10.3. The van der Waals surface area contributed by atoms with Crippen LogP contribution in [-0.4, -0.2) is 17.5 Å². The predicted molar refractivity (Wildman–Crippen MR) is 70.3 cm³/mol. The molecule has 0 spiro atoms. The number of aliphatic imine (C=N–C) groups is 1. The average Bonchev–Trinajstić information content (AvgIpc) is 2.26. The lowest BCUT2D eigenvalue weighted by Crippen LogP contribution is -2.27. The van der Waals surface area contributed by atoms with E-state index in [-0.39, 0.29) is 11.6 Å². The van der Waals surface area contributed by atoms with E-state index in [4.69, 9.17) is 16.2 Å². The first kappa shape index (κ1) is 12.2. The van der Waals surface area contributed by atoms with E-state index < -0.39 is 5.91 Å². The molecule has 5 heteroatoms. The van der Waals surface area contributed by atoms with Gasteiger partial charge < -0.3 is 16.2 Å². The molecular formula is C13H15N3O2. The van der Waals surface area contributed by atoms with Crippen LogP contribution >= 0.6 is 0 Å². The SMILES string of the molecule is CC1(C)C=Cc2cc(C(=O)N=C(N)N)ccc2O1. The van der Waals surface area contributed by atoms with Gasteiger partial charge in [0.1, 0.15) is 11.4 Å². The maximum absolute atomic E-state index is 11.7. The number of hydrogen-bond donors (Lipinski definition) is 2.